The number of aliphatic hydroxyl groups excluding tert-OH is 1. The number of rotatable bonds is 4. The van der Waals surface area contributed by atoms with E-state index in [1.807, 2.05) is 0 Å². The van der Waals surface area contributed by atoms with Gasteiger partial charge in [0.1, 0.15) is 5.78 Å². The van der Waals surface area contributed by atoms with Crippen molar-refractivity contribution in [1.29, 1.82) is 0 Å². The fraction of sp³-hybridized carbons (Fsp3) is 0.880. The zero-order valence-electron chi connectivity index (χ0n) is 18.0. The van der Waals surface area contributed by atoms with Crippen molar-refractivity contribution in [2.75, 3.05) is 0 Å². The van der Waals surface area contributed by atoms with E-state index in [4.69, 9.17) is 0 Å². The van der Waals surface area contributed by atoms with Crippen LogP contribution >= 0.6 is 0 Å². The summed E-state index contributed by atoms with van der Waals surface area (Å²) in [5.41, 5.74) is 2.41. The van der Waals surface area contributed by atoms with Gasteiger partial charge in [-0.1, -0.05) is 32.4 Å². The highest BCUT2D eigenvalue weighted by Gasteiger charge is 2.59. The Balaban J connectivity index is 1.54. The number of ketones is 1. The van der Waals surface area contributed by atoms with Gasteiger partial charge in [0, 0.05) is 6.42 Å². The van der Waals surface area contributed by atoms with Gasteiger partial charge in [-0.25, -0.2) is 0 Å². The third-order valence-electron chi connectivity index (χ3n) is 9.79. The molecule has 4 rings (SSSR count). The number of allylic oxidation sites excluding steroid dienone is 1. The zero-order chi connectivity index (χ0) is 19.4. The lowest BCUT2D eigenvalue weighted by molar-refractivity contribution is -0.117. The van der Waals surface area contributed by atoms with E-state index in [0.29, 0.717) is 22.5 Å². The lowest BCUT2D eigenvalue weighted by atomic mass is 9.47. The van der Waals surface area contributed by atoms with Gasteiger partial charge in [-0.2, -0.15) is 0 Å². The van der Waals surface area contributed by atoms with Crippen LogP contribution in [0.3, 0.4) is 0 Å². The fourth-order valence-electron chi connectivity index (χ4n) is 8.25. The molecule has 8 atom stereocenters. The lowest BCUT2D eigenvalue weighted by Gasteiger charge is -2.58. The number of hydrogen-bond donors (Lipinski definition) is 1. The van der Waals surface area contributed by atoms with Crippen molar-refractivity contribution in [2.45, 2.75) is 98.0 Å². The predicted octanol–water partition coefficient (Wildman–Crippen LogP) is 5.93. The summed E-state index contributed by atoms with van der Waals surface area (Å²) in [5, 5.41) is 10.2. The monoisotopic (exact) mass is 372 g/mol. The van der Waals surface area contributed by atoms with Gasteiger partial charge in [0.05, 0.1) is 6.10 Å². The van der Waals surface area contributed by atoms with E-state index in [-0.39, 0.29) is 6.10 Å². The van der Waals surface area contributed by atoms with E-state index >= 15 is 0 Å². The minimum atomic E-state index is -0.104. The molecule has 152 valence electrons. The van der Waals surface area contributed by atoms with Crippen LogP contribution in [0, 0.1) is 40.4 Å². The molecule has 0 aliphatic heterocycles. The third kappa shape index (κ3) is 3.15. The summed E-state index contributed by atoms with van der Waals surface area (Å²) in [4.78, 5) is 11.5. The molecular weight excluding hydrogens is 332 g/mol. The predicted molar refractivity (Wildman–Crippen MR) is 110 cm³/mol. The molecular formula is C25H40O2. The van der Waals surface area contributed by atoms with Crippen molar-refractivity contribution in [1.82, 2.24) is 0 Å². The van der Waals surface area contributed by atoms with Crippen molar-refractivity contribution in [3.63, 3.8) is 0 Å². The second-order valence-corrected chi connectivity index (χ2v) is 11.1. The average molecular weight is 373 g/mol. The summed E-state index contributed by atoms with van der Waals surface area (Å²) >= 11 is 0. The Bertz CT molecular complexity index is 622. The van der Waals surface area contributed by atoms with Gasteiger partial charge in [0.2, 0.25) is 0 Å². The largest absolute Gasteiger partial charge is 0.393 e. The van der Waals surface area contributed by atoms with Gasteiger partial charge in [0.15, 0.2) is 0 Å². The lowest BCUT2D eigenvalue weighted by Crippen LogP contribution is -2.50. The van der Waals surface area contributed by atoms with E-state index in [1.54, 1.807) is 12.5 Å². The molecule has 0 radical (unpaired) electrons. The van der Waals surface area contributed by atoms with Crippen LogP contribution < -0.4 is 0 Å². The Hall–Kier alpha value is -0.630. The van der Waals surface area contributed by atoms with Crippen molar-refractivity contribution < 1.29 is 9.90 Å². The van der Waals surface area contributed by atoms with Crippen LogP contribution in [0.5, 0.6) is 0 Å². The molecule has 4 aliphatic carbocycles. The molecule has 0 saturated heterocycles. The molecule has 2 heteroatoms. The minimum absolute atomic E-state index is 0.104. The highest BCUT2D eigenvalue weighted by Crippen LogP contribution is 2.67. The van der Waals surface area contributed by atoms with Gasteiger partial charge < -0.3 is 9.90 Å². The van der Waals surface area contributed by atoms with Crippen molar-refractivity contribution in [3.05, 3.63) is 11.6 Å². The number of carbonyl (C=O) groups excluding carboxylic acids is 1. The van der Waals surface area contributed by atoms with E-state index in [1.165, 1.54) is 38.5 Å². The van der Waals surface area contributed by atoms with Gasteiger partial charge in [-0.05, 0) is 105 Å². The molecule has 2 nitrogen and oxygen atoms in total. The van der Waals surface area contributed by atoms with Crippen molar-refractivity contribution in [3.8, 4) is 0 Å². The normalized spacial score (nSPS) is 47.4. The maximum atomic E-state index is 11.5. The molecule has 0 aromatic rings. The fourth-order valence-corrected chi connectivity index (χ4v) is 8.25. The topological polar surface area (TPSA) is 37.3 Å². The SMILES string of the molecule is CC(=O)CC[C@@H](C)[C@H]1CC[C@H]2[C@@H]3CC=C4C[C@@H](O)CC[C@]4(C)[C@H]3CC[C@]12C. The average Bonchev–Trinajstić information content (AvgIpc) is 2.97. The molecule has 1 N–H and O–H groups in total. The summed E-state index contributed by atoms with van der Waals surface area (Å²) in [6.07, 6.45) is 14.1. The number of Topliss-reactive ketones (excluding diaryl/α,β-unsaturated/α-hetero) is 1. The molecule has 0 heterocycles. The number of fused-ring (bicyclic) bond motifs is 5. The molecule has 0 aromatic carbocycles. The van der Waals surface area contributed by atoms with Crippen LogP contribution in [0.25, 0.3) is 0 Å². The molecule has 0 aromatic heterocycles. The van der Waals surface area contributed by atoms with Crippen LogP contribution in [0.15, 0.2) is 11.6 Å². The minimum Gasteiger partial charge on any atom is -0.393 e. The first kappa shape index (κ1) is 19.7. The quantitative estimate of drug-likeness (QED) is 0.621. The summed E-state index contributed by atoms with van der Waals surface area (Å²) in [5.74, 6) is 4.36. The number of aliphatic hydroxyl groups is 1. The molecule has 27 heavy (non-hydrogen) atoms. The van der Waals surface area contributed by atoms with Crippen LogP contribution in [0.1, 0.15) is 91.9 Å². The van der Waals surface area contributed by atoms with Gasteiger partial charge in [-0.15, -0.1) is 0 Å². The van der Waals surface area contributed by atoms with E-state index < -0.39 is 0 Å². The third-order valence-corrected chi connectivity index (χ3v) is 9.79. The maximum absolute atomic E-state index is 11.5. The summed E-state index contributed by atoms with van der Waals surface area (Å²) in [7, 11) is 0. The Morgan fingerprint density at radius 1 is 1.19 bits per heavy atom. The second kappa shape index (κ2) is 7.01. The Kier molecular flexibility index (Phi) is 5.11. The first-order valence-electron chi connectivity index (χ1n) is 11.6. The van der Waals surface area contributed by atoms with Crippen LogP contribution in [0.4, 0.5) is 0 Å². The van der Waals surface area contributed by atoms with Crippen LogP contribution in [-0.4, -0.2) is 17.0 Å². The summed E-state index contributed by atoms with van der Waals surface area (Å²) < 4.78 is 0. The molecule has 3 saturated carbocycles. The van der Waals surface area contributed by atoms with Gasteiger partial charge >= 0.3 is 0 Å². The van der Waals surface area contributed by atoms with Crippen molar-refractivity contribution >= 4 is 5.78 Å². The molecule has 3 fully saturated rings. The molecule has 0 spiro atoms. The highest BCUT2D eigenvalue weighted by atomic mass is 16.3. The van der Waals surface area contributed by atoms with Crippen LogP contribution in [-0.2, 0) is 4.79 Å². The van der Waals surface area contributed by atoms with E-state index in [0.717, 1.165) is 49.4 Å². The van der Waals surface area contributed by atoms with E-state index in [2.05, 4.69) is 26.8 Å². The molecule has 0 unspecified atom stereocenters. The summed E-state index contributed by atoms with van der Waals surface area (Å²) in [6, 6.07) is 0. The second-order valence-electron chi connectivity index (χ2n) is 11.1. The van der Waals surface area contributed by atoms with Gasteiger partial charge in [0.25, 0.3) is 0 Å². The maximum Gasteiger partial charge on any atom is 0.129 e. The molecule has 4 aliphatic rings. The smallest absolute Gasteiger partial charge is 0.129 e. The van der Waals surface area contributed by atoms with Crippen molar-refractivity contribution in [2.24, 2.45) is 40.4 Å². The zero-order valence-corrected chi connectivity index (χ0v) is 18.0. The Labute approximate surface area is 166 Å². The first-order chi connectivity index (χ1) is 12.8. The number of hydrogen-bond acceptors (Lipinski definition) is 2. The Morgan fingerprint density at radius 2 is 1.96 bits per heavy atom. The van der Waals surface area contributed by atoms with Crippen LogP contribution in [0.2, 0.25) is 0 Å². The highest BCUT2D eigenvalue weighted by molar-refractivity contribution is 5.75. The number of carbonyl (C=O) groups is 1. The first-order valence-corrected chi connectivity index (χ1v) is 11.6. The molecule has 0 amide bonds. The standard InChI is InChI=1S/C25H40O2/c1-16(5-6-17(2)26)21-9-10-22-20-8-7-18-15-19(27)11-13-24(18,3)23(20)12-14-25(21,22)4/h7,16,19-23,27H,5-6,8-15H2,1-4H3/t16-,19+,20+,21-,22+,23+,24+,25-/m1/s1. The molecule has 0 bridgehead atoms. The summed E-state index contributed by atoms with van der Waals surface area (Å²) in [6.45, 7) is 9.27. The van der Waals surface area contributed by atoms with Gasteiger partial charge in [-0.3, -0.25) is 0 Å². The Morgan fingerprint density at radius 3 is 2.70 bits per heavy atom. The van der Waals surface area contributed by atoms with E-state index in [9.17, 15) is 9.90 Å².